The summed E-state index contributed by atoms with van der Waals surface area (Å²) in [4.78, 5) is 0. The van der Waals surface area contributed by atoms with Crippen molar-refractivity contribution in [2.24, 2.45) is 5.73 Å². The summed E-state index contributed by atoms with van der Waals surface area (Å²) < 4.78 is 19.3. The summed E-state index contributed by atoms with van der Waals surface area (Å²) in [5, 5.41) is 6.81. The molecule has 54 valence electrons. The molecule has 0 radical (unpaired) electrons. The maximum atomic E-state index is 10.2. The molecule has 9 heavy (non-hydrogen) atoms. The van der Waals surface area contributed by atoms with Crippen molar-refractivity contribution in [1.82, 2.24) is 0 Å². The van der Waals surface area contributed by atoms with Crippen molar-refractivity contribution in [2.75, 3.05) is 0 Å². The first-order valence-electron chi connectivity index (χ1n) is 2.33. The number of hydrogen-bond donors (Lipinski definition) is 2. The number of amidine groups is 1. The highest BCUT2D eigenvalue weighted by Crippen LogP contribution is 2.08. The van der Waals surface area contributed by atoms with Crippen LogP contribution in [0.15, 0.2) is 0 Å². The molecule has 0 aromatic heterocycles. The maximum absolute atomic E-state index is 10.2. The zero-order chi connectivity index (χ0) is 7.65. The first-order valence-corrected chi connectivity index (χ1v) is 3.40. The summed E-state index contributed by atoms with van der Waals surface area (Å²) in [5.41, 5.74) is 4.96. The molecule has 1 unspecified atom stereocenters. The van der Waals surface area contributed by atoms with Gasteiger partial charge in [0.05, 0.1) is 4.75 Å². The Morgan fingerprint density at radius 2 is 2.11 bits per heavy atom. The van der Waals surface area contributed by atoms with Gasteiger partial charge in [0.2, 0.25) is 0 Å². The van der Waals surface area contributed by atoms with Gasteiger partial charge in [0.1, 0.15) is 5.84 Å². The number of nitrogens with one attached hydrogen (secondary N) is 1. The average Bonchev–Trinajstić information content (AvgIpc) is 1.65. The summed E-state index contributed by atoms with van der Waals surface area (Å²) in [6.45, 7) is 2.75. The molecule has 0 saturated carbocycles. The Bertz CT molecular complexity index is 139. The normalized spacial score (nSPS) is 15.0. The monoisotopic (exact) mass is 149 g/mol. The minimum Gasteiger partial charge on any atom is -0.772 e. The summed E-state index contributed by atoms with van der Waals surface area (Å²) in [5.74, 6) is -0.337. The Kier molecular flexibility index (Phi) is 2.33. The quantitative estimate of drug-likeness (QED) is 0.317. The fraction of sp³-hybridized carbons (Fsp3) is 0.750. The Balaban J connectivity index is 4.38. The lowest BCUT2D eigenvalue weighted by Gasteiger charge is -2.25. The third kappa shape index (κ3) is 1.76. The molecule has 0 fully saturated rings. The molecular weight excluding hydrogens is 140 g/mol. The summed E-state index contributed by atoms with van der Waals surface area (Å²) in [6, 6.07) is 0. The second kappa shape index (κ2) is 2.45. The maximum Gasteiger partial charge on any atom is 0.108 e. The average molecular weight is 149 g/mol. The highest BCUT2D eigenvalue weighted by Gasteiger charge is 2.22. The molecule has 4 nitrogen and oxygen atoms in total. The van der Waals surface area contributed by atoms with Crippen molar-refractivity contribution in [3.8, 4) is 0 Å². The van der Waals surface area contributed by atoms with Crippen LogP contribution in [0.3, 0.4) is 0 Å². The molecule has 0 saturated heterocycles. The SMILES string of the molecule is CC(C)(C(=N)N)S(=O)[O-]. The Hall–Kier alpha value is -0.420. The van der Waals surface area contributed by atoms with Gasteiger partial charge in [0, 0.05) is 0 Å². The lowest BCUT2D eigenvalue weighted by Crippen LogP contribution is -2.41. The zero-order valence-electron chi connectivity index (χ0n) is 5.30. The molecule has 3 N–H and O–H groups in total. The topological polar surface area (TPSA) is 90.0 Å². The van der Waals surface area contributed by atoms with Crippen molar-refractivity contribution in [1.29, 1.82) is 5.41 Å². The minimum atomic E-state index is -2.31. The van der Waals surface area contributed by atoms with Gasteiger partial charge in [-0.15, -0.1) is 0 Å². The molecule has 0 aliphatic heterocycles. The van der Waals surface area contributed by atoms with Crippen molar-refractivity contribution in [2.45, 2.75) is 18.6 Å². The number of nitrogens with two attached hydrogens (primary N) is 1. The van der Waals surface area contributed by atoms with Crippen LogP contribution in [0.2, 0.25) is 0 Å². The van der Waals surface area contributed by atoms with E-state index in [2.05, 4.69) is 0 Å². The molecule has 0 amide bonds. The van der Waals surface area contributed by atoms with Gasteiger partial charge in [-0.3, -0.25) is 9.62 Å². The van der Waals surface area contributed by atoms with E-state index in [0.717, 1.165) is 0 Å². The van der Waals surface area contributed by atoms with Crippen molar-refractivity contribution >= 4 is 16.9 Å². The lowest BCUT2D eigenvalue weighted by molar-refractivity contribution is 0.518. The Morgan fingerprint density at radius 1 is 1.78 bits per heavy atom. The molecular formula is C4H9N2O2S-. The van der Waals surface area contributed by atoms with Crippen LogP contribution in [-0.2, 0) is 11.1 Å². The minimum absolute atomic E-state index is 0.337. The zero-order valence-corrected chi connectivity index (χ0v) is 6.12. The lowest BCUT2D eigenvalue weighted by atomic mass is 10.2. The molecule has 0 spiro atoms. The predicted molar refractivity (Wildman–Crippen MR) is 34.9 cm³/mol. The third-order valence-corrected chi connectivity index (χ3v) is 2.12. The van der Waals surface area contributed by atoms with Crippen LogP contribution in [0.5, 0.6) is 0 Å². The van der Waals surface area contributed by atoms with Crippen LogP contribution in [0.4, 0.5) is 0 Å². The first-order chi connectivity index (χ1) is 3.89. The van der Waals surface area contributed by atoms with Crippen LogP contribution in [-0.4, -0.2) is 19.3 Å². The molecule has 1 atom stereocenters. The van der Waals surface area contributed by atoms with E-state index in [1.54, 1.807) is 0 Å². The van der Waals surface area contributed by atoms with Gasteiger partial charge in [0.25, 0.3) is 0 Å². The van der Waals surface area contributed by atoms with E-state index in [-0.39, 0.29) is 5.84 Å². The van der Waals surface area contributed by atoms with Gasteiger partial charge in [0.15, 0.2) is 0 Å². The third-order valence-electron chi connectivity index (χ3n) is 1.07. The van der Waals surface area contributed by atoms with Crippen LogP contribution in [0.1, 0.15) is 13.8 Å². The smallest absolute Gasteiger partial charge is 0.108 e. The molecule has 0 aromatic rings. The van der Waals surface area contributed by atoms with E-state index in [4.69, 9.17) is 11.1 Å². The van der Waals surface area contributed by atoms with Gasteiger partial charge in [-0.05, 0) is 24.9 Å². The van der Waals surface area contributed by atoms with E-state index in [1.165, 1.54) is 13.8 Å². The highest BCUT2D eigenvalue weighted by atomic mass is 32.2. The van der Waals surface area contributed by atoms with Gasteiger partial charge < -0.3 is 10.3 Å². The van der Waals surface area contributed by atoms with Crippen LogP contribution in [0.25, 0.3) is 0 Å². The van der Waals surface area contributed by atoms with Gasteiger partial charge in [-0.2, -0.15) is 0 Å². The fourth-order valence-electron chi connectivity index (χ4n) is 0.0898. The summed E-state index contributed by atoms with van der Waals surface area (Å²) in [6.07, 6.45) is 0. The van der Waals surface area contributed by atoms with Crippen molar-refractivity contribution in [3.05, 3.63) is 0 Å². The van der Waals surface area contributed by atoms with E-state index in [9.17, 15) is 8.76 Å². The van der Waals surface area contributed by atoms with Gasteiger partial charge in [-0.1, -0.05) is 0 Å². The van der Waals surface area contributed by atoms with Gasteiger partial charge >= 0.3 is 0 Å². The molecule has 0 aliphatic carbocycles. The molecule has 5 heteroatoms. The molecule has 0 aliphatic rings. The highest BCUT2D eigenvalue weighted by molar-refractivity contribution is 7.81. The predicted octanol–water partition coefficient (Wildman–Crippen LogP) is -0.420. The van der Waals surface area contributed by atoms with E-state index >= 15 is 0 Å². The van der Waals surface area contributed by atoms with Crippen LogP contribution < -0.4 is 5.73 Å². The van der Waals surface area contributed by atoms with Crippen molar-refractivity contribution in [3.63, 3.8) is 0 Å². The Labute approximate surface area is 56.2 Å². The van der Waals surface area contributed by atoms with Crippen LogP contribution in [0, 0.1) is 5.41 Å². The molecule has 0 heterocycles. The fourth-order valence-corrected chi connectivity index (χ4v) is 0.269. The molecule has 0 bridgehead atoms. The number of hydrogen-bond acceptors (Lipinski definition) is 3. The van der Waals surface area contributed by atoms with Gasteiger partial charge in [-0.25, -0.2) is 0 Å². The van der Waals surface area contributed by atoms with E-state index in [1.807, 2.05) is 0 Å². The summed E-state index contributed by atoms with van der Waals surface area (Å²) in [7, 11) is 0. The second-order valence-electron chi connectivity index (χ2n) is 2.16. The Morgan fingerprint density at radius 3 is 2.11 bits per heavy atom. The second-order valence-corrected chi connectivity index (χ2v) is 3.65. The standard InChI is InChI=1S/C4H10N2O2S/c1-4(2,3(5)6)9(7)8/h1-2H3,(H3,5,6)(H,7,8)/p-1. The summed E-state index contributed by atoms with van der Waals surface area (Å²) >= 11 is -2.31. The van der Waals surface area contributed by atoms with Crippen molar-refractivity contribution < 1.29 is 8.76 Å². The van der Waals surface area contributed by atoms with E-state index < -0.39 is 15.8 Å². The largest absolute Gasteiger partial charge is 0.772 e. The van der Waals surface area contributed by atoms with Crippen LogP contribution >= 0.6 is 0 Å². The number of rotatable bonds is 2. The first kappa shape index (κ1) is 8.58. The molecule has 0 rings (SSSR count). The van der Waals surface area contributed by atoms with E-state index in [0.29, 0.717) is 0 Å². The molecule has 0 aromatic carbocycles.